The Morgan fingerprint density at radius 3 is 2.56 bits per heavy atom. The minimum absolute atomic E-state index is 0.0758. The monoisotopic (exact) mass is 160 g/mol. The first kappa shape index (κ1) is 6.65. The molecule has 0 atom stereocenters. The van der Waals surface area contributed by atoms with Crippen molar-refractivity contribution >= 4 is 28.7 Å². The number of thiophene rings is 1. The minimum Gasteiger partial charge on any atom is -0.507 e. The van der Waals surface area contributed by atoms with Crippen LogP contribution in [-0.2, 0) is 0 Å². The van der Waals surface area contributed by atoms with Crippen LogP contribution < -0.4 is 0 Å². The summed E-state index contributed by atoms with van der Waals surface area (Å²) < 4.78 is 0.667. The molecule has 0 spiro atoms. The van der Waals surface area contributed by atoms with Crippen LogP contribution in [-0.4, -0.2) is 5.11 Å². The highest BCUT2D eigenvalue weighted by Crippen LogP contribution is 2.24. The summed E-state index contributed by atoms with van der Waals surface area (Å²) in [5, 5.41) is 8.79. The van der Waals surface area contributed by atoms with Crippen LogP contribution in [0.3, 0.4) is 0 Å². The highest BCUT2D eigenvalue weighted by atomic mass is 35.5. The lowest BCUT2D eigenvalue weighted by atomic mass is 10.4. The zero-order chi connectivity index (χ0) is 6.85. The number of rotatable bonds is 1. The van der Waals surface area contributed by atoms with Crippen LogP contribution in [0.25, 0.3) is 5.76 Å². The maximum atomic E-state index is 8.79. The second kappa shape index (κ2) is 2.42. The van der Waals surface area contributed by atoms with E-state index in [9.17, 15) is 0 Å². The van der Waals surface area contributed by atoms with Gasteiger partial charge in [0.15, 0.2) is 0 Å². The smallest absolute Gasteiger partial charge is 0.125 e. The molecule has 0 aliphatic carbocycles. The molecule has 0 saturated carbocycles. The van der Waals surface area contributed by atoms with E-state index in [0.29, 0.717) is 4.34 Å². The predicted molar refractivity (Wildman–Crippen MR) is 41.0 cm³/mol. The summed E-state index contributed by atoms with van der Waals surface area (Å²) in [5.74, 6) is 0.0758. The van der Waals surface area contributed by atoms with Crippen molar-refractivity contribution in [3.8, 4) is 0 Å². The fourth-order valence-electron chi connectivity index (χ4n) is 0.469. The topological polar surface area (TPSA) is 20.2 Å². The molecule has 0 aliphatic rings. The van der Waals surface area contributed by atoms with Gasteiger partial charge >= 0.3 is 0 Å². The lowest BCUT2D eigenvalue weighted by molar-refractivity contribution is 0.516. The zero-order valence-electron chi connectivity index (χ0n) is 4.60. The SMILES string of the molecule is C=C(O)c1ccc(Cl)s1. The largest absolute Gasteiger partial charge is 0.507 e. The molecule has 1 nitrogen and oxygen atoms in total. The van der Waals surface area contributed by atoms with Crippen molar-refractivity contribution in [2.45, 2.75) is 0 Å². The van der Waals surface area contributed by atoms with Crippen molar-refractivity contribution < 1.29 is 5.11 Å². The molecular formula is C6H5ClOS. The van der Waals surface area contributed by atoms with Gasteiger partial charge in [0.05, 0.1) is 9.21 Å². The van der Waals surface area contributed by atoms with Gasteiger partial charge in [-0.05, 0) is 12.1 Å². The van der Waals surface area contributed by atoms with Crippen LogP contribution in [0.4, 0.5) is 0 Å². The standard InChI is InChI=1S/C6H5ClOS/c1-4(8)5-2-3-6(7)9-5/h2-3,8H,1H2. The van der Waals surface area contributed by atoms with Gasteiger partial charge in [-0.2, -0.15) is 0 Å². The van der Waals surface area contributed by atoms with Gasteiger partial charge in [0, 0.05) is 0 Å². The zero-order valence-corrected chi connectivity index (χ0v) is 6.17. The van der Waals surface area contributed by atoms with Crippen LogP contribution in [0.15, 0.2) is 18.7 Å². The quantitative estimate of drug-likeness (QED) is 0.627. The first-order chi connectivity index (χ1) is 4.20. The molecule has 0 aliphatic heterocycles. The molecule has 0 aromatic carbocycles. The first-order valence-corrected chi connectivity index (χ1v) is 3.53. The number of aliphatic hydroxyl groups excluding tert-OH is 1. The summed E-state index contributed by atoms with van der Waals surface area (Å²) >= 11 is 6.88. The summed E-state index contributed by atoms with van der Waals surface area (Å²) in [7, 11) is 0. The van der Waals surface area contributed by atoms with E-state index in [-0.39, 0.29) is 5.76 Å². The van der Waals surface area contributed by atoms with Gasteiger partial charge in [-0.3, -0.25) is 0 Å². The number of aliphatic hydroxyl groups is 1. The lowest BCUT2D eigenvalue weighted by Gasteiger charge is -1.86. The maximum Gasteiger partial charge on any atom is 0.125 e. The Balaban J connectivity index is 2.98. The molecule has 1 rings (SSSR count). The van der Waals surface area contributed by atoms with E-state index in [1.165, 1.54) is 11.3 Å². The van der Waals surface area contributed by atoms with E-state index >= 15 is 0 Å². The molecule has 1 N–H and O–H groups in total. The fraction of sp³-hybridized carbons (Fsp3) is 0. The molecule has 1 heterocycles. The van der Waals surface area contributed by atoms with Crippen molar-refractivity contribution in [2.75, 3.05) is 0 Å². The van der Waals surface area contributed by atoms with E-state index in [1.807, 2.05) is 0 Å². The maximum absolute atomic E-state index is 8.79. The third-order valence-corrected chi connectivity index (χ3v) is 2.14. The van der Waals surface area contributed by atoms with Gasteiger partial charge in [-0.15, -0.1) is 11.3 Å². The van der Waals surface area contributed by atoms with Crippen molar-refractivity contribution in [2.24, 2.45) is 0 Å². The normalized spacial score (nSPS) is 9.44. The van der Waals surface area contributed by atoms with E-state index in [0.717, 1.165) is 4.88 Å². The van der Waals surface area contributed by atoms with Crippen LogP contribution >= 0.6 is 22.9 Å². The van der Waals surface area contributed by atoms with Crippen molar-refractivity contribution in [1.82, 2.24) is 0 Å². The Morgan fingerprint density at radius 2 is 2.33 bits per heavy atom. The Labute approximate surface area is 62.2 Å². The third kappa shape index (κ3) is 1.47. The van der Waals surface area contributed by atoms with E-state index in [1.54, 1.807) is 12.1 Å². The molecule has 0 fully saturated rings. The van der Waals surface area contributed by atoms with Gasteiger partial charge in [-0.1, -0.05) is 18.2 Å². The summed E-state index contributed by atoms with van der Waals surface area (Å²) in [5.41, 5.74) is 0. The molecule has 0 saturated heterocycles. The van der Waals surface area contributed by atoms with Crippen molar-refractivity contribution in [1.29, 1.82) is 0 Å². The van der Waals surface area contributed by atoms with Gasteiger partial charge in [-0.25, -0.2) is 0 Å². The van der Waals surface area contributed by atoms with Gasteiger partial charge < -0.3 is 5.11 Å². The highest BCUT2D eigenvalue weighted by molar-refractivity contribution is 7.17. The van der Waals surface area contributed by atoms with Crippen molar-refractivity contribution in [3.63, 3.8) is 0 Å². The summed E-state index contributed by atoms with van der Waals surface area (Å²) in [4.78, 5) is 0.722. The van der Waals surface area contributed by atoms with Crippen LogP contribution in [0.5, 0.6) is 0 Å². The molecule has 1 aromatic rings. The van der Waals surface area contributed by atoms with Crippen LogP contribution in [0, 0.1) is 0 Å². The Morgan fingerprint density at radius 1 is 1.67 bits per heavy atom. The number of hydrogen-bond donors (Lipinski definition) is 1. The van der Waals surface area contributed by atoms with Gasteiger partial charge in [0.1, 0.15) is 5.76 Å². The average Bonchev–Trinajstić information content (AvgIpc) is 2.14. The van der Waals surface area contributed by atoms with E-state index in [4.69, 9.17) is 16.7 Å². The van der Waals surface area contributed by atoms with Gasteiger partial charge in [0.25, 0.3) is 0 Å². The number of halogens is 1. The van der Waals surface area contributed by atoms with Crippen molar-refractivity contribution in [3.05, 3.63) is 27.9 Å². The Kier molecular flexibility index (Phi) is 1.78. The van der Waals surface area contributed by atoms with Gasteiger partial charge in [0.2, 0.25) is 0 Å². The molecule has 0 bridgehead atoms. The fourth-order valence-corrected chi connectivity index (χ4v) is 1.38. The summed E-state index contributed by atoms with van der Waals surface area (Å²) in [6.45, 7) is 3.35. The minimum atomic E-state index is 0.0758. The van der Waals surface area contributed by atoms with E-state index < -0.39 is 0 Å². The molecule has 1 aromatic heterocycles. The van der Waals surface area contributed by atoms with E-state index in [2.05, 4.69) is 6.58 Å². The highest BCUT2D eigenvalue weighted by Gasteiger charge is 1.97. The Bertz CT molecular complexity index is 229. The lowest BCUT2D eigenvalue weighted by Crippen LogP contribution is -1.67. The third-order valence-electron chi connectivity index (χ3n) is 0.858. The summed E-state index contributed by atoms with van der Waals surface area (Å²) in [6.07, 6.45) is 0. The average molecular weight is 161 g/mol. The molecular weight excluding hydrogens is 156 g/mol. The number of hydrogen-bond acceptors (Lipinski definition) is 2. The van der Waals surface area contributed by atoms with Crippen LogP contribution in [0.2, 0.25) is 4.34 Å². The molecule has 0 amide bonds. The molecule has 0 unspecified atom stereocenters. The Hall–Kier alpha value is -0.470. The predicted octanol–water partition coefficient (Wildman–Crippen LogP) is 2.93. The second-order valence-corrected chi connectivity index (χ2v) is 3.27. The molecule has 9 heavy (non-hydrogen) atoms. The van der Waals surface area contributed by atoms with Crippen LogP contribution in [0.1, 0.15) is 4.88 Å². The molecule has 48 valence electrons. The second-order valence-electron chi connectivity index (χ2n) is 1.55. The summed E-state index contributed by atoms with van der Waals surface area (Å²) in [6, 6.07) is 3.46. The molecule has 3 heteroatoms. The molecule has 0 radical (unpaired) electrons. The first-order valence-electron chi connectivity index (χ1n) is 2.34.